The van der Waals surface area contributed by atoms with Gasteiger partial charge in [0.2, 0.25) is 0 Å². The van der Waals surface area contributed by atoms with Gasteiger partial charge in [-0.1, -0.05) is 65.8 Å². The van der Waals surface area contributed by atoms with Crippen LogP contribution in [0.3, 0.4) is 0 Å². The Balaban J connectivity index is 1.49. The lowest BCUT2D eigenvalue weighted by Gasteiger charge is -2.12. The minimum absolute atomic E-state index is 0.343. The van der Waals surface area contributed by atoms with E-state index in [1.54, 1.807) is 11.6 Å². The molecular formula is C23H26O. The van der Waals surface area contributed by atoms with Crippen molar-refractivity contribution in [3.05, 3.63) is 77.4 Å². The van der Waals surface area contributed by atoms with Crippen LogP contribution in [0.2, 0.25) is 0 Å². The fraction of sp³-hybridized carbons (Fsp3) is 0.304. The summed E-state index contributed by atoms with van der Waals surface area (Å²) >= 11 is 0. The van der Waals surface area contributed by atoms with Gasteiger partial charge in [0.15, 0.2) is 0 Å². The summed E-state index contributed by atoms with van der Waals surface area (Å²) in [6, 6.07) is 16.1. The number of aryl methyl sites for hydroxylation is 1. The Bertz CT molecular complexity index is 735. The molecule has 0 unspecified atom stereocenters. The Morgan fingerprint density at radius 2 is 1.58 bits per heavy atom. The van der Waals surface area contributed by atoms with Crippen molar-refractivity contribution < 1.29 is 5.11 Å². The van der Waals surface area contributed by atoms with Gasteiger partial charge in [0.25, 0.3) is 0 Å². The highest BCUT2D eigenvalue weighted by Gasteiger charge is 2.05. The standard InChI is InChI=1S/C23H26O/c1-18-10-12-19(13-11-18)6-2-3-7-20-14-16-21(17-15-20)22-8-4-5-9-23(22)24/h4-5,8-10,12,14-17,24H,2-3,6-7,11,13H2,1H3. The second-order valence-electron chi connectivity index (χ2n) is 6.76. The van der Waals surface area contributed by atoms with Crippen LogP contribution >= 0.6 is 0 Å². The molecule has 0 aliphatic heterocycles. The third-order valence-electron chi connectivity index (χ3n) is 4.83. The number of aromatic hydroxyl groups is 1. The highest BCUT2D eigenvalue weighted by atomic mass is 16.3. The maximum absolute atomic E-state index is 9.94. The fourth-order valence-electron chi connectivity index (χ4n) is 3.24. The Labute approximate surface area is 145 Å². The average Bonchev–Trinajstić information content (AvgIpc) is 2.61. The molecule has 0 atom stereocenters. The lowest BCUT2D eigenvalue weighted by Crippen LogP contribution is -1.93. The van der Waals surface area contributed by atoms with E-state index in [2.05, 4.69) is 43.3 Å². The van der Waals surface area contributed by atoms with Crippen molar-refractivity contribution in [3.63, 3.8) is 0 Å². The fourth-order valence-corrected chi connectivity index (χ4v) is 3.24. The van der Waals surface area contributed by atoms with Crippen LogP contribution in [-0.4, -0.2) is 5.11 Å². The highest BCUT2D eigenvalue weighted by Crippen LogP contribution is 2.29. The first-order chi connectivity index (χ1) is 11.7. The molecule has 1 nitrogen and oxygen atoms in total. The van der Waals surface area contributed by atoms with Crippen molar-refractivity contribution in [2.45, 2.75) is 45.4 Å². The van der Waals surface area contributed by atoms with E-state index in [4.69, 9.17) is 0 Å². The number of unbranched alkanes of at least 4 members (excludes halogenated alkanes) is 1. The smallest absolute Gasteiger partial charge is 0.123 e. The van der Waals surface area contributed by atoms with Gasteiger partial charge in [-0.2, -0.15) is 0 Å². The zero-order chi connectivity index (χ0) is 16.8. The van der Waals surface area contributed by atoms with E-state index in [9.17, 15) is 5.11 Å². The number of benzene rings is 2. The minimum Gasteiger partial charge on any atom is -0.507 e. The summed E-state index contributed by atoms with van der Waals surface area (Å²) in [5.41, 5.74) is 6.46. The first kappa shape index (κ1) is 16.6. The van der Waals surface area contributed by atoms with Crippen molar-refractivity contribution >= 4 is 0 Å². The number of para-hydroxylation sites is 1. The normalized spacial score (nSPS) is 14.2. The van der Waals surface area contributed by atoms with Crippen LogP contribution in [0.5, 0.6) is 5.75 Å². The molecule has 124 valence electrons. The highest BCUT2D eigenvalue weighted by molar-refractivity contribution is 5.69. The summed E-state index contributed by atoms with van der Waals surface area (Å²) < 4.78 is 0. The van der Waals surface area contributed by atoms with E-state index in [1.165, 1.54) is 43.2 Å². The summed E-state index contributed by atoms with van der Waals surface area (Å²) in [5, 5.41) is 9.94. The van der Waals surface area contributed by atoms with Gasteiger partial charge in [0, 0.05) is 5.56 Å². The van der Waals surface area contributed by atoms with Crippen LogP contribution in [0.15, 0.2) is 71.8 Å². The van der Waals surface area contributed by atoms with E-state index >= 15 is 0 Å². The topological polar surface area (TPSA) is 20.2 Å². The van der Waals surface area contributed by atoms with Gasteiger partial charge < -0.3 is 5.11 Å². The average molecular weight is 318 g/mol. The van der Waals surface area contributed by atoms with Crippen molar-refractivity contribution in [2.75, 3.05) is 0 Å². The number of hydrogen-bond donors (Lipinski definition) is 1. The SMILES string of the molecule is CC1=CC=C(CCCCc2ccc(-c3ccccc3O)cc2)CC1. The van der Waals surface area contributed by atoms with Crippen LogP contribution in [0.1, 0.15) is 44.6 Å². The van der Waals surface area contributed by atoms with Crippen LogP contribution in [0.25, 0.3) is 11.1 Å². The van der Waals surface area contributed by atoms with E-state index in [1.807, 2.05) is 18.2 Å². The minimum atomic E-state index is 0.343. The van der Waals surface area contributed by atoms with Crippen molar-refractivity contribution in [1.82, 2.24) is 0 Å². The molecule has 2 aromatic rings. The molecule has 3 rings (SSSR count). The molecule has 1 N–H and O–H groups in total. The predicted molar refractivity (Wildman–Crippen MR) is 102 cm³/mol. The van der Waals surface area contributed by atoms with Crippen molar-refractivity contribution in [3.8, 4) is 16.9 Å². The molecule has 0 bridgehead atoms. The molecule has 24 heavy (non-hydrogen) atoms. The second-order valence-corrected chi connectivity index (χ2v) is 6.76. The maximum Gasteiger partial charge on any atom is 0.123 e. The number of phenolic OH excluding ortho intramolecular Hbond substituents is 1. The molecule has 1 aliphatic rings. The number of phenols is 1. The maximum atomic E-state index is 9.94. The molecule has 0 spiro atoms. The van der Waals surface area contributed by atoms with Crippen molar-refractivity contribution in [2.24, 2.45) is 0 Å². The molecule has 0 amide bonds. The van der Waals surface area contributed by atoms with Gasteiger partial charge in [-0.25, -0.2) is 0 Å². The zero-order valence-corrected chi connectivity index (χ0v) is 14.5. The van der Waals surface area contributed by atoms with E-state index in [0.29, 0.717) is 5.75 Å². The molecule has 1 heteroatoms. The lowest BCUT2D eigenvalue weighted by atomic mass is 9.94. The number of allylic oxidation sites excluding steroid dienone is 4. The summed E-state index contributed by atoms with van der Waals surface area (Å²) in [5.74, 6) is 0.343. The predicted octanol–water partition coefficient (Wildman–Crippen LogP) is 6.44. The Morgan fingerprint density at radius 3 is 2.29 bits per heavy atom. The van der Waals surface area contributed by atoms with Gasteiger partial charge in [0.1, 0.15) is 5.75 Å². The van der Waals surface area contributed by atoms with Crippen LogP contribution in [-0.2, 0) is 6.42 Å². The van der Waals surface area contributed by atoms with E-state index in [0.717, 1.165) is 17.5 Å². The van der Waals surface area contributed by atoms with Crippen LogP contribution in [0, 0.1) is 0 Å². The quantitative estimate of drug-likeness (QED) is 0.608. The van der Waals surface area contributed by atoms with Crippen molar-refractivity contribution in [1.29, 1.82) is 0 Å². The summed E-state index contributed by atoms with van der Waals surface area (Å²) in [7, 11) is 0. The molecule has 2 aromatic carbocycles. The van der Waals surface area contributed by atoms with Crippen LogP contribution < -0.4 is 0 Å². The first-order valence-corrected chi connectivity index (χ1v) is 8.95. The summed E-state index contributed by atoms with van der Waals surface area (Å²) in [6.07, 6.45) is 11.9. The Hall–Kier alpha value is -2.28. The van der Waals surface area contributed by atoms with Gasteiger partial charge in [0.05, 0.1) is 0 Å². The zero-order valence-electron chi connectivity index (χ0n) is 14.5. The molecule has 0 heterocycles. The first-order valence-electron chi connectivity index (χ1n) is 8.95. The summed E-state index contributed by atoms with van der Waals surface area (Å²) in [4.78, 5) is 0. The summed E-state index contributed by atoms with van der Waals surface area (Å²) in [6.45, 7) is 2.21. The van der Waals surface area contributed by atoms with Gasteiger partial charge in [-0.15, -0.1) is 0 Å². The molecule has 0 saturated carbocycles. The van der Waals surface area contributed by atoms with E-state index in [-0.39, 0.29) is 0 Å². The third kappa shape index (κ3) is 4.38. The Kier molecular flexibility index (Phi) is 5.53. The molecule has 0 aromatic heterocycles. The monoisotopic (exact) mass is 318 g/mol. The molecule has 0 saturated heterocycles. The third-order valence-corrected chi connectivity index (χ3v) is 4.83. The van der Waals surface area contributed by atoms with Gasteiger partial charge in [-0.3, -0.25) is 0 Å². The molecule has 0 radical (unpaired) electrons. The lowest BCUT2D eigenvalue weighted by molar-refractivity contribution is 0.477. The Morgan fingerprint density at radius 1 is 0.833 bits per heavy atom. The largest absolute Gasteiger partial charge is 0.507 e. The molecular weight excluding hydrogens is 292 g/mol. The van der Waals surface area contributed by atoms with E-state index < -0.39 is 0 Å². The number of rotatable bonds is 6. The van der Waals surface area contributed by atoms with Crippen LogP contribution in [0.4, 0.5) is 0 Å². The second kappa shape index (κ2) is 8.01. The van der Waals surface area contributed by atoms with Gasteiger partial charge in [-0.05, 0) is 62.6 Å². The molecule has 0 fully saturated rings. The number of hydrogen-bond acceptors (Lipinski definition) is 1. The molecule has 1 aliphatic carbocycles. The van der Waals surface area contributed by atoms with Gasteiger partial charge >= 0.3 is 0 Å².